The van der Waals surface area contributed by atoms with Crippen LogP contribution in [0, 0.1) is 0 Å². The minimum Gasteiger partial charge on any atom is -0.396 e. The Morgan fingerprint density at radius 3 is 2.35 bits per heavy atom. The molecule has 0 atom stereocenters. The number of aliphatic hydroxyl groups excluding tert-OH is 2. The molecule has 1 aromatic rings. The maximum absolute atomic E-state index is 12.1. The van der Waals surface area contributed by atoms with Gasteiger partial charge in [-0.05, 0) is 0 Å². The van der Waals surface area contributed by atoms with Gasteiger partial charge >= 0.3 is 10.2 Å². The highest BCUT2D eigenvalue weighted by Crippen LogP contribution is 2.13. The van der Waals surface area contributed by atoms with Crippen molar-refractivity contribution in [3.05, 3.63) is 17.7 Å². The summed E-state index contributed by atoms with van der Waals surface area (Å²) in [6, 6.07) is 0. The van der Waals surface area contributed by atoms with Crippen LogP contribution in [0.2, 0.25) is 0 Å². The van der Waals surface area contributed by atoms with Crippen LogP contribution in [0.4, 0.5) is 0 Å². The normalized spacial score (nSPS) is 12.3. The van der Waals surface area contributed by atoms with Gasteiger partial charge in [-0.25, -0.2) is 8.96 Å². The fraction of sp³-hybridized carbons (Fsp3) is 0.667. The van der Waals surface area contributed by atoms with Crippen LogP contribution in [0.3, 0.4) is 0 Å². The highest BCUT2D eigenvalue weighted by atomic mass is 32.2. The van der Waals surface area contributed by atoms with Crippen LogP contribution in [0.5, 0.6) is 0 Å². The van der Waals surface area contributed by atoms with Crippen LogP contribution >= 0.6 is 0 Å². The van der Waals surface area contributed by atoms with Gasteiger partial charge < -0.3 is 10.2 Å². The second kappa shape index (κ2) is 5.58. The van der Waals surface area contributed by atoms with Gasteiger partial charge in [0.1, 0.15) is 5.82 Å². The molecule has 0 aromatic carbocycles. The van der Waals surface area contributed by atoms with Crippen molar-refractivity contribution in [2.24, 2.45) is 0 Å². The minimum atomic E-state index is -3.67. The molecule has 0 bridgehead atoms. The summed E-state index contributed by atoms with van der Waals surface area (Å²) in [5, 5.41) is 17.8. The predicted octanol–water partition coefficient (Wildman–Crippen LogP) is -1.39. The van der Waals surface area contributed by atoms with Gasteiger partial charge in [-0.1, -0.05) is 0 Å². The molecule has 1 aromatic heterocycles. The molecule has 17 heavy (non-hydrogen) atoms. The van der Waals surface area contributed by atoms with E-state index >= 15 is 0 Å². The molecule has 0 fully saturated rings. The van der Waals surface area contributed by atoms with Gasteiger partial charge in [0.2, 0.25) is 0 Å². The Kier molecular flexibility index (Phi) is 4.63. The van der Waals surface area contributed by atoms with Crippen molar-refractivity contribution in [1.29, 1.82) is 0 Å². The molecule has 1 rings (SSSR count). The number of hydrogen-bond acceptors (Lipinski definition) is 5. The summed E-state index contributed by atoms with van der Waals surface area (Å²) in [5.74, 6) is 0.268. The number of nitrogens with zero attached hydrogens (tertiary/aromatic N) is 3. The van der Waals surface area contributed by atoms with E-state index in [0.29, 0.717) is 5.69 Å². The van der Waals surface area contributed by atoms with Crippen LogP contribution < -0.4 is 0 Å². The number of aliphatic hydroxyl groups is 2. The van der Waals surface area contributed by atoms with E-state index in [1.165, 1.54) is 20.3 Å². The van der Waals surface area contributed by atoms with Crippen molar-refractivity contribution in [3.8, 4) is 0 Å². The molecule has 0 aliphatic rings. The third-order valence-corrected chi connectivity index (χ3v) is 4.08. The summed E-state index contributed by atoms with van der Waals surface area (Å²) in [6.07, 6.45) is 1.76. The Morgan fingerprint density at radius 1 is 1.29 bits per heavy atom. The average molecular weight is 263 g/mol. The SMILES string of the molecule is CN(C)S(=O)(=O)n1c(CCO)cnc1CCO. The van der Waals surface area contributed by atoms with E-state index < -0.39 is 10.2 Å². The van der Waals surface area contributed by atoms with Crippen molar-refractivity contribution in [2.75, 3.05) is 27.3 Å². The summed E-state index contributed by atoms with van der Waals surface area (Å²) < 4.78 is 26.3. The monoisotopic (exact) mass is 263 g/mol. The van der Waals surface area contributed by atoms with E-state index in [1.807, 2.05) is 0 Å². The summed E-state index contributed by atoms with van der Waals surface area (Å²) in [7, 11) is -0.839. The van der Waals surface area contributed by atoms with Gasteiger partial charge in [-0.2, -0.15) is 12.7 Å². The molecule has 0 spiro atoms. The maximum Gasteiger partial charge on any atom is 0.308 e. The van der Waals surface area contributed by atoms with E-state index in [4.69, 9.17) is 10.2 Å². The minimum absolute atomic E-state index is 0.151. The summed E-state index contributed by atoms with van der Waals surface area (Å²) in [5.41, 5.74) is 0.407. The number of rotatable bonds is 6. The summed E-state index contributed by atoms with van der Waals surface area (Å²) in [4.78, 5) is 3.96. The Morgan fingerprint density at radius 2 is 1.88 bits per heavy atom. The quantitative estimate of drug-likeness (QED) is 0.658. The molecule has 0 aliphatic carbocycles. The molecule has 0 aliphatic heterocycles. The van der Waals surface area contributed by atoms with E-state index in [-0.39, 0.29) is 31.9 Å². The van der Waals surface area contributed by atoms with Crippen molar-refractivity contribution in [3.63, 3.8) is 0 Å². The van der Waals surface area contributed by atoms with Crippen LogP contribution in [-0.4, -0.2) is 59.2 Å². The zero-order valence-corrected chi connectivity index (χ0v) is 10.7. The molecule has 2 N–H and O–H groups in total. The first-order valence-corrected chi connectivity index (χ1v) is 6.55. The lowest BCUT2D eigenvalue weighted by Crippen LogP contribution is -2.31. The van der Waals surface area contributed by atoms with Crippen LogP contribution in [0.15, 0.2) is 6.20 Å². The van der Waals surface area contributed by atoms with Gasteiger partial charge in [0.05, 0.1) is 12.3 Å². The Balaban J connectivity index is 3.30. The van der Waals surface area contributed by atoms with E-state index in [2.05, 4.69) is 4.98 Å². The molecule has 0 amide bonds. The van der Waals surface area contributed by atoms with Gasteiger partial charge in [0.25, 0.3) is 0 Å². The first kappa shape index (κ1) is 14.1. The molecule has 98 valence electrons. The molecular weight excluding hydrogens is 246 g/mol. The molecule has 0 saturated heterocycles. The van der Waals surface area contributed by atoms with Crippen LogP contribution in [0.25, 0.3) is 0 Å². The summed E-state index contributed by atoms with van der Waals surface area (Å²) in [6.45, 7) is -0.342. The smallest absolute Gasteiger partial charge is 0.308 e. The van der Waals surface area contributed by atoms with Gasteiger partial charge in [-0.15, -0.1) is 0 Å². The van der Waals surface area contributed by atoms with E-state index in [1.54, 1.807) is 0 Å². The van der Waals surface area contributed by atoms with Gasteiger partial charge in [0, 0.05) is 39.7 Å². The standard InChI is InChI=1S/C9H17N3O4S/c1-11(2)17(15,16)12-8(3-5-13)7-10-9(12)4-6-14/h7,13-14H,3-6H2,1-2H3. The Bertz CT molecular complexity index is 443. The molecule has 0 saturated carbocycles. The number of aromatic nitrogens is 2. The largest absolute Gasteiger partial charge is 0.396 e. The van der Waals surface area contributed by atoms with Gasteiger partial charge in [0.15, 0.2) is 0 Å². The Labute approximate surface area is 101 Å². The van der Waals surface area contributed by atoms with Crippen molar-refractivity contribution >= 4 is 10.2 Å². The maximum atomic E-state index is 12.1. The zero-order valence-electron chi connectivity index (χ0n) is 9.87. The van der Waals surface area contributed by atoms with Crippen LogP contribution in [0.1, 0.15) is 11.5 Å². The zero-order chi connectivity index (χ0) is 13.1. The highest BCUT2D eigenvalue weighted by Gasteiger charge is 2.23. The van der Waals surface area contributed by atoms with Crippen LogP contribution in [-0.2, 0) is 23.1 Å². The lowest BCUT2D eigenvalue weighted by atomic mass is 10.3. The molecular formula is C9H17N3O4S. The van der Waals surface area contributed by atoms with E-state index in [9.17, 15) is 8.42 Å². The Hall–Kier alpha value is -0.960. The molecule has 1 heterocycles. The fourth-order valence-corrected chi connectivity index (χ4v) is 2.58. The van der Waals surface area contributed by atoms with E-state index in [0.717, 1.165) is 8.28 Å². The lowest BCUT2D eigenvalue weighted by molar-refractivity contribution is 0.294. The third kappa shape index (κ3) is 2.83. The third-order valence-electron chi connectivity index (χ3n) is 2.25. The first-order valence-electron chi connectivity index (χ1n) is 5.15. The molecule has 0 unspecified atom stereocenters. The molecule has 8 heteroatoms. The lowest BCUT2D eigenvalue weighted by Gasteiger charge is -2.16. The van der Waals surface area contributed by atoms with Crippen molar-refractivity contribution in [1.82, 2.24) is 13.3 Å². The predicted molar refractivity (Wildman–Crippen MR) is 61.8 cm³/mol. The average Bonchev–Trinajstić information content (AvgIpc) is 2.62. The fourth-order valence-electron chi connectivity index (χ4n) is 1.41. The highest BCUT2D eigenvalue weighted by molar-refractivity contribution is 7.87. The second-order valence-electron chi connectivity index (χ2n) is 3.67. The first-order chi connectivity index (χ1) is 7.95. The number of imidazole rings is 1. The van der Waals surface area contributed by atoms with Crippen molar-refractivity contribution in [2.45, 2.75) is 12.8 Å². The van der Waals surface area contributed by atoms with Crippen molar-refractivity contribution < 1.29 is 18.6 Å². The molecule has 0 radical (unpaired) electrons. The summed E-state index contributed by atoms with van der Waals surface area (Å²) >= 11 is 0. The molecule has 7 nitrogen and oxygen atoms in total. The number of hydrogen-bond donors (Lipinski definition) is 2. The second-order valence-corrected chi connectivity index (χ2v) is 5.66. The van der Waals surface area contributed by atoms with Gasteiger partial charge in [-0.3, -0.25) is 0 Å². The topological polar surface area (TPSA) is 95.7 Å².